The summed E-state index contributed by atoms with van der Waals surface area (Å²) in [6.45, 7) is 4.26. The minimum Gasteiger partial charge on any atom is -0.493 e. The smallest absolute Gasteiger partial charge is 0.246 e. The van der Waals surface area contributed by atoms with Gasteiger partial charge in [0.1, 0.15) is 17.6 Å². The van der Waals surface area contributed by atoms with Crippen LogP contribution in [0.4, 0.5) is 5.69 Å². The first-order chi connectivity index (χ1) is 14.8. The summed E-state index contributed by atoms with van der Waals surface area (Å²) in [5, 5.41) is 3.29. The third-order valence-corrected chi connectivity index (χ3v) is 5.35. The van der Waals surface area contributed by atoms with Gasteiger partial charge in [0.05, 0.1) is 28.9 Å². The molecule has 1 aliphatic rings. The second kappa shape index (κ2) is 10.1. The van der Waals surface area contributed by atoms with Crippen molar-refractivity contribution in [1.29, 1.82) is 0 Å². The number of anilines is 1. The average Bonchev–Trinajstić information content (AvgIpc) is 3.07. The maximum Gasteiger partial charge on any atom is 0.246 e. The Hall–Kier alpha value is -2.70. The zero-order valence-corrected chi connectivity index (χ0v) is 19.1. The van der Waals surface area contributed by atoms with Gasteiger partial charge in [-0.3, -0.25) is 9.59 Å². The molecule has 2 amide bonds. The molecular formula is C23H24Cl2N2O4. The largest absolute Gasteiger partial charge is 0.493 e. The molecule has 1 aliphatic heterocycles. The molecule has 2 aromatic rings. The van der Waals surface area contributed by atoms with Crippen LogP contribution in [-0.2, 0) is 16.0 Å². The van der Waals surface area contributed by atoms with Crippen molar-refractivity contribution < 1.29 is 19.1 Å². The van der Waals surface area contributed by atoms with Crippen LogP contribution in [0.3, 0.4) is 0 Å². The number of hydrogen-bond donors (Lipinski definition) is 1. The Bertz CT molecular complexity index is 1000. The summed E-state index contributed by atoms with van der Waals surface area (Å²) < 4.78 is 11.5. The highest BCUT2D eigenvalue weighted by Gasteiger charge is 2.21. The molecule has 0 aliphatic carbocycles. The van der Waals surface area contributed by atoms with Gasteiger partial charge in [0.2, 0.25) is 11.8 Å². The predicted molar refractivity (Wildman–Crippen MR) is 123 cm³/mol. The molecule has 1 atom stereocenters. The highest BCUT2D eigenvalue weighted by molar-refractivity contribution is 6.39. The summed E-state index contributed by atoms with van der Waals surface area (Å²) in [4.78, 5) is 26.1. The molecule has 2 aromatic carbocycles. The van der Waals surface area contributed by atoms with E-state index in [-0.39, 0.29) is 18.6 Å². The number of nitrogens with zero attached hydrogens (tertiary/aromatic N) is 1. The zero-order valence-electron chi connectivity index (χ0n) is 17.6. The number of fused-ring (bicyclic) bond motifs is 1. The van der Waals surface area contributed by atoms with E-state index in [1.54, 1.807) is 24.3 Å². The normalized spacial score (nSPS) is 14.8. The molecule has 1 unspecified atom stereocenters. The van der Waals surface area contributed by atoms with Gasteiger partial charge in [-0.15, -0.1) is 0 Å². The van der Waals surface area contributed by atoms with E-state index in [1.807, 2.05) is 26.0 Å². The summed E-state index contributed by atoms with van der Waals surface area (Å²) in [7, 11) is 1.54. The zero-order chi connectivity index (χ0) is 22.5. The number of halogens is 2. The first kappa shape index (κ1) is 23.0. The van der Waals surface area contributed by atoms with Gasteiger partial charge in [0.25, 0.3) is 0 Å². The molecule has 0 radical (unpaired) electrons. The van der Waals surface area contributed by atoms with Gasteiger partial charge in [-0.05, 0) is 44.2 Å². The van der Waals surface area contributed by atoms with Crippen LogP contribution in [0.15, 0.2) is 36.4 Å². The maximum atomic E-state index is 12.5. The molecule has 0 bridgehead atoms. The quantitative estimate of drug-likeness (QED) is 0.598. The third-order valence-electron chi connectivity index (χ3n) is 4.72. The molecule has 6 nitrogen and oxygen atoms in total. The highest BCUT2D eigenvalue weighted by atomic mass is 35.5. The van der Waals surface area contributed by atoms with Crippen LogP contribution in [-0.4, -0.2) is 43.0 Å². The topological polar surface area (TPSA) is 67.9 Å². The summed E-state index contributed by atoms with van der Waals surface area (Å²) >= 11 is 12.1. The van der Waals surface area contributed by atoms with E-state index in [4.69, 9.17) is 32.7 Å². The van der Waals surface area contributed by atoms with Gasteiger partial charge in [0, 0.05) is 30.7 Å². The van der Waals surface area contributed by atoms with Crippen LogP contribution >= 0.6 is 23.2 Å². The summed E-state index contributed by atoms with van der Waals surface area (Å²) in [6.07, 6.45) is 4.00. The van der Waals surface area contributed by atoms with Crippen LogP contribution in [0.1, 0.15) is 25.0 Å². The fourth-order valence-corrected chi connectivity index (χ4v) is 3.74. The van der Waals surface area contributed by atoms with E-state index in [0.29, 0.717) is 28.1 Å². The fourth-order valence-electron chi connectivity index (χ4n) is 3.24. The van der Waals surface area contributed by atoms with Crippen molar-refractivity contribution >= 4 is 46.8 Å². The monoisotopic (exact) mass is 462 g/mol. The number of ether oxygens (including phenoxy) is 2. The van der Waals surface area contributed by atoms with E-state index in [1.165, 1.54) is 18.0 Å². The lowest BCUT2D eigenvalue weighted by atomic mass is 10.1. The highest BCUT2D eigenvalue weighted by Crippen LogP contribution is 2.35. The minimum atomic E-state index is -0.408. The molecule has 8 heteroatoms. The van der Waals surface area contributed by atoms with Crippen molar-refractivity contribution in [2.24, 2.45) is 0 Å². The lowest BCUT2D eigenvalue weighted by molar-refractivity contribution is -0.129. The average molecular weight is 463 g/mol. The predicted octanol–water partition coefficient (Wildman–Crippen LogP) is 4.83. The third kappa shape index (κ3) is 5.71. The van der Waals surface area contributed by atoms with Crippen LogP contribution in [0.2, 0.25) is 10.0 Å². The number of likely N-dealkylation sites (N-methyl/N-ethyl adjacent to an activating group) is 1. The molecule has 31 heavy (non-hydrogen) atoms. The number of benzene rings is 2. The number of hydrogen-bond acceptors (Lipinski definition) is 4. The SMILES string of the molecule is CCOc1cc2c(cc1/C=C/C(=O)N(C)CC(=O)Nc1c(Cl)cccc1Cl)OC(C)C2. The van der Waals surface area contributed by atoms with E-state index >= 15 is 0 Å². The number of para-hydroxylation sites is 1. The molecule has 1 heterocycles. The van der Waals surface area contributed by atoms with Crippen molar-refractivity contribution in [2.45, 2.75) is 26.4 Å². The van der Waals surface area contributed by atoms with Crippen molar-refractivity contribution in [2.75, 3.05) is 25.5 Å². The Morgan fingerprint density at radius 3 is 2.68 bits per heavy atom. The van der Waals surface area contributed by atoms with Gasteiger partial charge in [0.15, 0.2) is 0 Å². The Morgan fingerprint density at radius 1 is 1.29 bits per heavy atom. The van der Waals surface area contributed by atoms with Crippen molar-refractivity contribution in [3.8, 4) is 11.5 Å². The Labute approximate surface area is 191 Å². The van der Waals surface area contributed by atoms with Gasteiger partial charge >= 0.3 is 0 Å². The summed E-state index contributed by atoms with van der Waals surface area (Å²) in [5.41, 5.74) is 2.15. The van der Waals surface area contributed by atoms with Crippen molar-refractivity contribution in [3.05, 3.63) is 57.6 Å². The number of nitrogens with one attached hydrogen (secondary N) is 1. The lowest BCUT2D eigenvalue weighted by Crippen LogP contribution is -2.34. The Morgan fingerprint density at radius 2 is 2.00 bits per heavy atom. The second-order valence-electron chi connectivity index (χ2n) is 7.24. The summed E-state index contributed by atoms with van der Waals surface area (Å²) in [5.74, 6) is 0.746. The van der Waals surface area contributed by atoms with Crippen LogP contribution in [0.25, 0.3) is 6.08 Å². The standard InChI is InChI=1S/C23H24Cl2N2O4/c1-4-30-19-12-16-10-14(2)31-20(16)11-15(19)8-9-22(29)27(3)13-21(28)26-23-17(24)6-5-7-18(23)25/h5-9,11-12,14H,4,10,13H2,1-3H3,(H,26,28)/b9-8+. The van der Waals surface area contributed by atoms with Gasteiger partial charge in [-0.25, -0.2) is 0 Å². The number of carbonyl (C=O) groups excluding carboxylic acids is 2. The Balaban J connectivity index is 1.67. The molecule has 0 fully saturated rings. The molecule has 0 saturated carbocycles. The van der Waals surface area contributed by atoms with E-state index in [9.17, 15) is 9.59 Å². The molecule has 0 saturated heterocycles. The minimum absolute atomic E-state index is 0.113. The molecule has 164 valence electrons. The van der Waals surface area contributed by atoms with E-state index < -0.39 is 5.91 Å². The first-order valence-corrected chi connectivity index (χ1v) is 10.7. The molecule has 1 N–H and O–H groups in total. The maximum absolute atomic E-state index is 12.5. The first-order valence-electron chi connectivity index (χ1n) is 9.92. The van der Waals surface area contributed by atoms with Gasteiger partial charge < -0.3 is 19.7 Å². The van der Waals surface area contributed by atoms with Crippen LogP contribution in [0.5, 0.6) is 11.5 Å². The van der Waals surface area contributed by atoms with Crippen LogP contribution < -0.4 is 14.8 Å². The van der Waals surface area contributed by atoms with Gasteiger partial charge in [-0.2, -0.15) is 0 Å². The molecule has 0 aromatic heterocycles. The van der Waals surface area contributed by atoms with E-state index in [0.717, 1.165) is 23.3 Å². The summed E-state index contributed by atoms with van der Waals surface area (Å²) in [6, 6.07) is 8.76. The number of amides is 2. The second-order valence-corrected chi connectivity index (χ2v) is 8.05. The molecule has 3 rings (SSSR count). The van der Waals surface area contributed by atoms with Crippen molar-refractivity contribution in [3.63, 3.8) is 0 Å². The van der Waals surface area contributed by atoms with E-state index in [2.05, 4.69) is 5.32 Å². The molecular weight excluding hydrogens is 439 g/mol. The molecule has 0 spiro atoms. The Kier molecular flexibility index (Phi) is 7.46. The number of carbonyl (C=O) groups is 2. The van der Waals surface area contributed by atoms with Gasteiger partial charge in [-0.1, -0.05) is 29.3 Å². The van der Waals surface area contributed by atoms with Crippen molar-refractivity contribution in [1.82, 2.24) is 4.90 Å². The number of rotatable bonds is 7. The fraction of sp³-hybridized carbons (Fsp3) is 0.304. The van der Waals surface area contributed by atoms with Crippen LogP contribution in [0, 0.1) is 0 Å². The lowest BCUT2D eigenvalue weighted by Gasteiger charge is -2.16.